The van der Waals surface area contributed by atoms with Crippen LogP contribution in [0.1, 0.15) is 59.7 Å². The van der Waals surface area contributed by atoms with E-state index in [0.29, 0.717) is 17.3 Å². The monoisotopic (exact) mass is 597 g/mol. The van der Waals surface area contributed by atoms with Gasteiger partial charge in [0.2, 0.25) is 18.6 Å². The van der Waals surface area contributed by atoms with E-state index >= 15 is 0 Å². The molecule has 0 saturated carbocycles. The zero-order chi connectivity index (χ0) is 30.3. The van der Waals surface area contributed by atoms with Gasteiger partial charge in [-0.05, 0) is 60.9 Å². The number of fused-ring (bicyclic) bond motifs is 2. The summed E-state index contributed by atoms with van der Waals surface area (Å²) in [5, 5.41) is 7.93. The van der Waals surface area contributed by atoms with Crippen molar-refractivity contribution in [3.63, 3.8) is 0 Å². The highest BCUT2D eigenvalue weighted by molar-refractivity contribution is 8.00. The van der Waals surface area contributed by atoms with Crippen LogP contribution >= 0.6 is 11.8 Å². The Kier molecular flexibility index (Phi) is 7.64. The minimum Gasteiger partial charge on any atom is -0.454 e. The lowest BCUT2D eigenvalue weighted by atomic mass is 9.87. The number of rotatable bonds is 6. The van der Waals surface area contributed by atoms with E-state index in [9.17, 15) is 9.59 Å². The molecule has 0 saturated heterocycles. The molecule has 1 N–H and O–H groups in total. The number of nitrogens with zero attached hydrogens (tertiary/aromatic N) is 4. The highest BCUT2D eigenvalue weighted by atomic mass is 32.2. The third-order valence-electron chi connectivity index (χ3n) is 7.80. The molecule has 4 heterocycles. The van der Waals surface area contributed by atoms with Crippen LogP contribution in [0.5, 0.6) is 11.5 Å². The summed E-state index contributed by atoms with van der Waals surface area (Å²) in [5.74, 6) is 1.76. The van der Waals surface area contributed by atoms with Gasteiger partial charge in [-0.15, -0.1) is 11.8 Å². The van der Waals surface area contributed by atoms with E-state index in [-0.39, 0.29) is 48.1 Å². The topological polar surface area (TPSA) is 98.6 Å². The van der Waals surface area contributed by atoms with Crippen LogP contribution in [0.4, 0.5) is 5.82 Å². The van der Waals surface area contributed by atoms with E-state index in [1.54, 1.807) is 11.1 Å². The summed E-state index contributed by atoms with van der Waals surface area (Å²) in [5.41, 5.74) is 6.19. The standard InChI is InChI=1S/C33H35N5O4S/c1-20-9-8-11-24(21(20)2)38-32-29(31(36-38)33(3,4)5)30(22-12-13-25-26(15-22)42-19-41-25)43-18-28(40)37(32)17-27(39)35-16-23-10-6-7-14-34-23/h6-15,30H,16-19H2,1-5H3,(H,35,39)/t30-/m0/s1. The first-order valence-corrected chi connectivity index (χ1v) is 15.3. The fraction of sp³-hybridized carbons (Fsp3) is 0.333. The van der Waals surface area contributed by atoms with E-state index in [0.717, 1.165) is 39.3 Å². The van der Waals surface area contributed by atoms with Gasteiger partial charge in [0.15, 0.2) is 11.5 Å². The Labute approximate surface area is 255 Å². The third kappa shape index (κ3) is 5.59. The molecule has 0 aliphatic carbocycles. The maximum Gasteiger partial charge on any atom is 0.240 e. The second kappa shape index (κ2) is 11.4. The number of amides is 2. The molecule has 2 aliphatic rings. The summed E-state index contributed by atoms with van der Waals surface area (Å²) in [7, 11) is 0. The molecule has 222 valence electrons. The number of carbonyl (C=O) groups excluding carboxylic acids is 2. The number of hydrogen-bond acceptors (Lipinski definition) is 7. The van der Waals surface area contributed by atoms with Crippen LogP contribution in [0.2, 0.25) is 0 Å². The molecule has 9 nitrogen and oxygen atoms in total. The Morgan fingerprint density at radius 3 is 2.65 bits per heavy atom. The average Bonchev–Trinajstić information content (AvgIpc) is 3.59. The lowest BCUT2D eigenvalue weighted by Gasteiger charge is -2.25. The molecule has 0 fully saturated rings. The van der Waals surface area contributed by atoms with Crippen molar-refractivity contribution >= 4 is 29.4 Å². The number of nitrogens with one attached hydrogen (secondary N) is 1. The highest BCUT2D eigenvalue weighted by Crippen LogP contribution is 2.50. The minimum atomic E-state index is -0.359. The smallest absolute Gasteiger partial charge is 0.240 e. The van der Waals surface area contributed by atoms with Crippen molar-refractivity contribution in [1.29, 1.82) is 0 Å². The fourth-order valence-corrected chi connectivity index (χ4v) is 6.62. The van der Waals surface area contributed by atoms with Crippen molar-refractivity contribution < 1.29 is 19.1 Å². The molecule has 10 heteroatoms. The van der Waals surface area contributed by atoms with Crippen molar-refractivity contribution in [3.8, 4) is 17.2 Å². The Bertz CT molecular complexity index is 1700. The number of carbonyl (C=O) groups is 2. The molecular weight excluding hydrogens is 562 g/mol. The summed E-state index contributed by atoms with van der Waals surface area (Å²) in [6, 6.07) is 17.6. The Morgan fingerprint density at radius 2 is 1.88 bits per heavy atom. The van der Waals surface area contributed by atoms with Gasteiger partial charge in [0.1, 0.15) is 12.4 Å². The first kappa shape index (κ1) is 28.8. The van der Waals surface area contributed by atoms with E-state index in [1.807, 2.05) is 53.2 Å². The molecule has 1 atom stereocenters. The van der Waals surface area contributed by atoms with E-state index < -0.39 is 0 Å². The zero-order valence-electron chi connectivity index (χ0n) is 25.0. The van der Waals surface area contributed by atoms with Gasteiger partial charge in [-0.1, -0.05) is 45.0 Å². The van der Waals surface area contributed by atoms with Gasteiger partial charge in [0.25, 0.3) is 0 Å². The minimum absolute atomic E-state index is 0.146. The number of benzene rings is 2. The average molecular weight is 598 g/mol. The fourth-order valence-electron chi connectivity index (χ4n) is 5.44. The van der Waals surface area contributed by atoms with Crippen LogP contribution in [0.3, 0.4) is 0 Å². The second-order valence-corrected chi connectivity index (χ2v) is 12.9. The van der Waals surface area contributed by atoms with Gasteiger partial charge in [0, 0.05) is 17.2 Å². The maximum atomic E-state index is 14.0. The Balaban J connectivity index is 1.51. The van der Waals surface area contributed by atoms with Gasteiger partial charge in [-0.25, -0.2) is 4.68 Å². The molecular formula is C33H35N5O4S. The van der Waals surface area contributed by atoms with Crippen molar-refractivity contribution in [2.75, 3.05) is 24.0 Å². The lowest BCUT2D eigenvalue weighted by molar-refractivity contribution is -0.123. The van der Waals surface area contributed by atoms with E-state index in [2.05, 4.69) is 51.0 Å². The molecule has 2 amide bonds. The Morgan fingerprint density at radius 1 is 1.07 bits per heavy atom. The van der Waals surface area contributed by atoms with Crippen molar-refractivity contribution in [2.24, 2.45) is 0 Å². The van der Waals surface area contributed by atoms with E-state index in [1.165, 1.54) is 11.8 Å². The van der Waals surface area contributed by atoms with Crippen molar-refractivity contribution in [3.05, 3.63) is 94.4 Å². The highest BCUT2D eigenvalue weighted by Gasteiger charge is 2.40. The SMILES string of the molecule is Cc1cccc(-n2nc(C(C)(C)C)c3c2N(CC(=O)NCc2ccccn2)C(=O)CS[C@H]3c2ccc3c(c2)OCO3)c1C. The number of ether oxygens (including phenoxy) is 2. The molecule has 0 unspecified atom stereocenters. The van der Waals surface area contributed by atoms with Crippen molar-refractivity contribution in [1.82, 2.24) is 20.1 Å². The van der Waals surface area contributed by atoms with Crippen LogP contribution in [0, 0.1) is 13.8 Å². The first-order chi connectivity index (χ1) is 20.6. The number of aromatic nitrogens is 3. The largest absolute Gasteiger partial charge is 0.454 e. The first-order valence-electron chi connectivity index (χ1n) is 14.3. The van der Waals surface area contributed by atoms with Gasteiger partial charge in [-0.3, -0.25) is 19.5 Å². The molecule has 4 aromatic rings. The zero-order valence-corrected chi connectivity index (χ0v) is 25.8. The number of thioether (sulfide) groups is 1. The lowest BCUT2D eigenvalue weighted by Crippen LogP contribution is -2.42. The van der Waals surface area contributed by atoms with E-state index in [4.69, 9.17) is 14.6 Å². The Hall–Kier alpha value is -4.31. The summed E-state index contributed by atoms with van der Waals surface area (Å²) in [6.07, 6.45) is 1.69. The van der Waals surface area contributed by atoms with Crippen molar-refractivity contribution in [2.45, 2.75) is 51.8 Å². The molecule has 0 bridgehead atoms. The second-order valence-electron chi connectivity index (χ2n) is 11.8. The van der Waals surface area contributed by atoms with Gasteiger partial charge in [0.05, 0.1) is 34.6 Å². The number of anilines is 1. The molecule has 0 spiro atoms. The van der Waals surface area contributed by atoms with Crippen LogP contribution in [-0.4, -0.2) is 45.7 Å². The molecule has 2 aromatic heterocycles. The summed E-state index contributed by atoms with van der Waals surface area (Å²) < 4.78 is 13.2. The predicted molar refractivity (Wildman–Crippen MR) is 167 cm³/mol. The third-order valence-corrected chi connectivity index (χ3v) is 9.05. The maximum absolute atomic E-state index is 14.0. The summed E-state index contributed by atoms with van der Waals surface area (Å²) in [4.78, 5) is 33.3. The van der Waals surface area contributed by atoms with Gasteiger partial charge in [-0.2, -0.15) is 5.10 Å². The van der Waals surface area contributed by atoms with Crippen LogP contribution in [-0.2, 0) is 21.5 Å². The number of aryl methyl sites for hydroxylation is 1. The van der Waals surface area contributed by atoms with Gasteiger partial charge < -0.3 is 14.8 Å². The van der Waals surface area contributed by atoms with Gasteiger partial charge >= 0.3 is 0 Å². The van der Waals surface area contributed by atoms with Crippen LogP contribution in [0.25, 0.3) is 5.69 Å². The molecule has 2 aliphatic heterocycles. The molecule has 2 aromatic carbocycles. The molecule has 6 rings (SSSR count). The number of hydrogen-bond donors (Lipinski definition) is 1. The quantitative estimate of drug-likeness (QED) is 0.318. The molecule has 0 radical (unpaired) electrons. The molecule has 43 heavy (non-hydrogen) atoms. The summed E-state index contributed by atoms with van der Waals surface area (Å²) in [6.45, 7) is 10.8. The summed E-state index contributed by atoms with van der Waals surface area (Å²) >= 11 is 1.54. The normalized spacial score (nSPS) is 16.2. The van der Waals surface area contributed by atoms with Crippen LogP contribution in [0.15, 0.2) is 60.8 Å². The predicted octanol–water partition coefficient (Wildman–Crippen LogP) is 5.40. The number of pyridine rings is 1. The van der Waals surface area contributed by atoms with Crippen LogP contribution < -0.4 is 19.7 Å².